The third-order valence-electron chi connectivity index (χ3n) is 12.2. The fraction of sp³-hybridized carbons (Fsp3) is 0.148. The first-order valence-electron chi connectivity index (χ1n) is 19.7. The summed E-state index contributed by atoms with van der Waals surface area (Å²) < 4.78 is 0. The van der Waals surface area contributed by atoms with E-state index in [2.05, 4.69) is 90.1 Å². The van der Waals surface area contributed by atoms with Crippen LogP contribution in [0, 0.1) is 0 Å². The van der Waals surface area contributed by atoms with E-state index >= 15 is 0 Å². The van der Waals surface area contributed by atoms with Gasteiger partial charge in [-0.3, -0.25) is 19.2 Å². The zero-order valence-corrected chi connectivity index (χ0v) is 33.5. The maximum Gasteiger partial charge on any atom is 0.151 e. The highest BCUT2D eigenvalue weighted by Gasteiger charge is 2.22. The summed E-state index contributed by atoms with van der Waals surface area (Å²) in [5.74, 6) is 0. The van der Waals surface area contributed by atoms with Gasteiger partial charge >= 0.3 is 0 Å². The van der Waals surface area contributed by atoms with Gasteiger partial charge in [0.1, 0.15) is 0 Å². The topological polar surface area (TPSA) is 68.3 Å². The van der Waals surface area contributed by atoms with Crippen molar-refractivity contribution in [1.82, 2.24) is 0 Å². The summed E-state index contributed by atoms with van der Waals surface area (Å²) in [6.07, 6.45) is 3.49. The van der Waals surface area contributed by atoms with Gasteiger partial charge in [0.2, 0.25) is 0 Å². The van der Waals surface area contributed by atoms with Crippen LogP contribution in [0.15, 0.2) is 121 Å². The second-order valence-electron chi connectivity index (χ2n) is 17.5. The summed E-state index contributed by atoms with van der Waals surface area (Å²) in [5.41, 5.74) is 7.04. The standard InChI is InChI=1S/C54H42O4/c1-53(2,3)33-11-7-31-9-13-39-37(47(31)25-33)17-21-45(49(39)27-55)43-19-15-35-36-16-20-44(52(30-58)42(36)24-23-41(35)51(43)29-57)46-22-18-38-40(50(46)28-56)14-10-32-8-12-34(26-48(32)38)54(4,5)6/h7-30H,1-6H3. The van der Waals surface area contributed by atoms with Gasteiger partial charge in [0, 0.05) is 22.3 Å². The number of carbonyl (C=O) groups is 4. The third kappa shape index (κ3) is 5.66. The van der Waals surface area contributed by atoms with Gasteiger partial charge in [-0.25, -0.2) is 0 Å². The molecule has 0 fully saturated rings. The minimum Gasteiger partial charge on any atom is -0.298 e. The molecule has 0 amide bonds. The molecule has 58 heavy (non-hydrogen) atoms. The Labute approximate surface area is 337 Å². The molecule has 0 aromatic heterocycles. The molecule has 282 valence electrons. The van der Waals surface area contributed by atoms with Crippen molar-refractivity contribution >= 4 is 89.8 Å². The highest BCUT2D eigenvalue weighted by molar-refractivity contribution is 6.22. The van der Waals surface area contributed by atoms with Crippen LogP contribution in [-0.4, -0.2) is 25.1 Å². The van der Waals surface area contributed by atoms with Gasteiger partial charge in [0.15, 0.2) is 25.1 Å². The molecule has 0 heterocycles. The van der Waals surface area contributed by atoms with Crippen molar-refractivity contribution in [3.8, 4) is 22.3 Å². The molecule has 9 aromatic carbocycles. The predicted molar refractivity (Wildman–Crippen MR) is 241 cm³/mol. The summed E-state index contributed by atoms with van der Waals surface area (Å²) >= 11 is 0. The van der Waals surface area contributed by atoms with Crippen LogP contribution in [0.3, 0.4) is 0 Å². The third-order valence-corrected chi connectivity index (χ3v) is 12.2. The molecule has 0 aliphatic carbocycles. The minimum atomic E-state index is -0.0341. The average molecular weight is 755 g/mol. The molecular weight excluding hydrogens is 713 g/mol. The van der Waals surface area contributed by atoms with Crippen LogP contribution < -0.4 is 0 Å². The second-order valence-corrected chi connectivity index (χ2v) is 17.5. The number of hydrogen-bond donors (Lipinski definition) is 0. The molecule has 0 bridgehead atoms. The van der Waals surface area contributed by atoms with E-state index in [4.69, 9.17) is 0 Å². The molecule has 9 aromatic rings. The van der Waals surface area contributed by atoms with Gasteiger partial charge in [-0.15, -0.1) is 0 Å². The van der Waals surface area contributed by atoms with E-state index < -0.39 is 0 Å². The van der Waals surface area contributed by atoms with Gasteiger partial charge in [0.25, 0.3) is 0 Å². The highest BCUT2D eigenvalue weighted by atomic mass is 16.1. The first-order valence-corrected chi connectivity index (χ1v) is 19.7. The Kier molecular flexibility index (Phi) is 8.52. The zero-order valence-electron chi connectivity index (χ0n) is 33.5. The fourth-order valence-electron chi connectivity index (χ4n) is 8.97. The SMILES string of the molecule is CC(C)(C)c1ccc2ccc3c(C=O)c(-c4ccc5c(ccc6c(C=O)c(-c7ccc8c(ccc9ccc(C(C)(C)C)cc98)c7C=O)ccc65)c4C=O)ccc3c2c1. The molecule has 9 rings (SSSR count). The molecule has 0 aliphatic heterocycles. The van der Waals surface area contributed by atoms with Crippen LogP contribution in [0.4, 0.5) is 0 Å². The van der Waals surface area contributed by atoms with Crippen molar-refractivity contribution in [2.24, 2.45) is 0 Å². The summed E-state index contributed by atoms with van der Waals surface area (Å²) in [7, 11) is 0. The molecule has 0 atom stereocenters. The van der Waals surface area contributed by atoms with Crippen LogP contribution >= 0.6 is 0 Å². The Morgan fingerprint density at radius 1 is 0.293 bits per heavy atom. The van der Waals surface area contributed by atoms with E-state index in [0.717, 1.165) is 89.8 Å². The van der Waals surface area contributed by atoms with Crippen molar-refractivity contribution in [3.05, 3.63) is 155 Å². The molecule has 0 saturated heterocycles. The smallest absolute Gasteiger partial charge is 0.151 e. The molecule has 0 aliphatic rings. The van der Waals surface area contributed by atoms with Gasteiger partial charge in [0.05, 0.1) is 0 Å². The number of benzene rings is 9. The monoisotopic (exact) mass is 754 g/mol. The van der Waals surface area contributed by atoms with Crippen molar-refractivity contribution in [3.63, 3.8) is 0 Å². The Morgan fingerprint density at radius 3 is 0.810 bits per heavy atom. The molecule has 0 radical (unpaired) electrons. The van der Waals surface area contributed by atoms with Crippen LogP contribution in [0.5, 0.6) is 0 Å². The highest BCUT2D eigenvalue weighted by Crippen LogP contribution is 2.42. The quantitative estimate of drug-likeness (QED) is 0.125. The first-order chi connectivity index (χ1) is 27.9. The minimum absolute atomic E-state index is 0.0341. The lowest BCUT2D eigenvalue weighted by Crippen LogP contribution is -2.10. The fourth-order valence-corrected chi connectivity index (χ4v) is 8.97. The lowest BCUT2D eigenvalue weighted by Gasteiger charge is -2.20. The maximum absolute atomic E-state index is 13.0. The zero-order chi connectivity index (χ0) is 40.7. The van der Waals surface area contributed by atoms with E-state index in [1.807, 2.05) is 72.8 Å². The Morgan fingerprint density at radius 2 is 0.534 bits per heavy atom. The van der Waals surface area contributed by atoms with Crippen LogP contribution in [0.2, 0.25) is 0 Å². The number of fused-ring (bicyclic) bond motifs is 9. The molecule has 0 N–H and O–H groups in total. The molecular formula is C54H42O4. The molecule has 0 saturated carbocycles. The second kappa shape index (κ2) is 13.4. The molecule has 4 nitrogen and oxygen atoms in total. The van der Waals surface area contributed by atoms with Crippen molar-refractivity contribution in [2.45, 2.75) is 52.4 Å². The Hall–Kier alpha value is -6.78. The van der Waals surface area contributed by atoms with Crippen molar-refractivity contribution < 1.29 is 19.2 Å². The molecule has 0 unspecified atom stereocenters. The Bertz CT molecular complexity index is 3040. The van der Waals surface area contributed by atoms with E-state index in [-0.39, 0.29) is 10.8 Å². The van der Waals surface area contributed by atoms with Crippen LogP contribution in [0.1, 0.15) is 94.1 Å². The van der Waals surface area contributed by atoms with Gasteiger partial charge in [-0.05, 0) is 109 Å². The maximum atomic E-state index is 13.0. The molecule has 4 heteroatoms. The van der Waals surface area contributed by atoms with E-state index in [0.29, 0.717) is 44.5 Å². The van der Waals surface area contributed by atoms with Crippen molar-refractivity contribution in [1.29, 1.82) is 0 Å². The van der Waals surface area contributed by atoms with E-state index in [1.165, 1.54) is 11.1 Å². The Balaban J connectivity index is 1.20. The van der Waals surface area contributed by atoms with E-state index in [1.54, 1.807) is 0 Å². The van der Waals surface area contributed by atoms with Crippen LogP contribution in [0.25, 0.3) is 86.9 Å². The summed E-state index contributed by atoms with van der Waals surface area (Å²) in [4.78, 5) is 51.9. The lowest BCUT2D eigenvalue weighted by atomic mass is 9.83. The lowest BCUT2D eigenvalue weighted by molar-refractivity contribution is 0.111. The predicted octanol–water partition coefficient (Wildman–Crippen LogP) is 13.8. The van der Waals surface area contributed by atoms with Gasteiger partial charge in [-0.2, -0.15) is 0 Å². The number of carbonyl (C=O) groups excluding carboxylic acids is 4. The average Bonchev–Trinajstić information content (AvgIpc) is 3.23. The summed E-state index contributed by atoms with van der Waals surface area (Å²) in [5, 5.41) is 11.0. The van der Waals surface area contributed by atoms with E-state index in [9.17, 15) is 19.2 Å². The van der Waals surface area contributed by atoms with Gasteiger partial charge < -0.3 is 0 Å². The molecule has 0 spiro atoms. The largest absolute Gasteiger partial charge is 0.298 e. The summed E-state index contributed by atoms with van der Waals surface area (Å²) in [6.45, 7) is 13.1. The van der Waals surface area contributed by atoms with Gasteiger partial charge in [-0.1, -0.05) is 163 Å². The summed E-state index contributed by atoms with van der Waals surface area (Å²) in [6, 6.07) is 40.6. The van der Waals surface area contributed by atoms with Crippen LogP contribution in [-0.2, 0) is 10.8 Å². The first kappa shape index (κ1) is 36.8. The number of aldehydes is 4. The number of hydrogen-bond acceptors (Lipinski definition) is 4. The normalized spacial score (nSPS) is 12.2. The van der Waals surface area contributed by atoms with Crippen molar-refractivity contribution in [2.75, 3.05) is 0 Å². The number of rotatable bonds is 6.